The summed E-state index contributed by atoms with van der Waals surface area (Å²) in [5.41, 5.74) is 2.85. The molecule has 1 aromatic carbocycles. The Hall–Kier alpha value is 0.680. The van der Waals surface area contributed by atoms with E-state index in [-0.39, 0.29) is 0 Å². The van der Waals surface area contributed by atoms with E-state index in [0.717, 1.165) is 6.42 Å². The van der Waals surface area contributed by atoms with Crippen molar-refractivity contribution in [3.8, 4) is 0 Å². The Morgan fingerprint density at radius 3 is 2.36 bits per heavy atom. The minimum atomic E-state index is 1.13. The highest BCUT2D eigenvalue weighted by Crippen LogP contribution is 2.20. The van der Waals surface area contributed by atoms with Gasteiger partial charge in [-0.1, -0.05) is 13.0 Å². The van der Waals surface area contributed by atoms with Crippen molar-refractivity contribution in [3.63, 3.8) is 0 Å². The minimum absolute atomic E-state index is 1.13. The number of rotatable bonds is 1. The minimum Gasteiger partial charge on any atom is -0.0613 e. The SMILES string of the molecule is CCc1cc(C)c(I)cc1I. The molecule has 0 fully saturated rings. The first-order valence-corrected chi connectivity index (χ1v) is 5.75. The molecule has 0 atom stereocenters. The fourth-order valence-corrected chi connectivity index (χ4v) is 2.90. The number of aryl methyl sites for hydroxylation is 2. The van der Waals surface area contributed by atoms with Crippen LogP contribution in [0.15, 0.2) is 12.1 Å². The summed E-state index contributed by atoms with van der Waals surface area (Å²) in [6.45, 7) is 4.36. The summed E-state index contributed by atoms with van der Waals surface area (Å²) in [5, 5.41) is 0. The maximum Gasteiger partial charge on any atom is 0.0172 e. The lowest BCUT2D eigenvalue weighted by Crippen LogP contribution is -1.90. The summed E-state index contributed by atoms with van der Waals surface area (Å²) < 4.78 is 2.75. The third-order valence-electron chi connectivity index (χ3n) is 1.71. The molecule has 1 rings (SSSR count). The van der Waals surface area contributed by atoms with Gasteiger partial charge >= 0.3 is 0 Å². The Morgan fingerprint density at radius 2 is 1.82 bits per heavy atom. The van der Waals surface area contributed by atoms with Gasteiger partial charge in [-0.15, -0.1) is 0 Å². The zero-order valence-corrected chi connectivity index (χ0v) is 10.9. The summed E-state index contributed by atoms with van der Waals surface area (Å²) >= 11 is 4.78. The highest BCUT2D eigenvalue weighted by molar-refractivity contribution is 14.1. The van der Waals surface area contributed by atoms with Gasteiger partial charge in [0.05, 0.1) is 0 Å². The Labute approximate surface area is 95.0 Å². The van der Waals surface area contributed by atoms with Crippen molar-refractivity contribution in [2.45, 2.75) is 20.3 Å². The van der Waals surface area contributed by atoms with Crippen LogP contribution in [0.5, 0.6) is 0 Å². The third kappa shape index (κ3) is 2.31. The molecule has 60 valence electrons. The van der Waals surface area contributed by atoms with Crippen LogP contribution in [0.25, 0.3) is 0 Å². The van der Waals surface area contributed by atoms with Gasteiger partial charge in [0.15, 0.2) is 0 Å². The van der Waals surface area contributed by atoms with Gasteiger partial charge in [-0.25, -0.2) is 0 Å². The fourth-order valence-electron chi connectivity index (χ4n) is 0.988. The molecule has 0 saturated heterocycles. The summed E-state index contributed by atoms with van der Waals surface area (Å²) in [4.78, 5) is 0. The van der Waals surface area contributed by atoms with E-state index < -0.39 is 0 Å². The molecule has 0 spiro atoms. The van der Waals surface area contributed by atoms with E-state index in [2.05, 4.69) is 71.2 Å². The Morgan fingerprint density at radius 1 is 1.18 bits per heavy atom. The molecule has 1 aromatic rings. The van der Waals surface area contributed by atoms with Crippen LogP contribution < -0.4 is 0 Å². The lowest BCUT2D eigenvalue weighted by atomic mass is 10.1. The molecule has 0 aromatic heterocycles. The van der Waals surface area contributed by atoms with E-state index in [1.54, 1.807) is 0 Å². The lowest BCUT2D eigenvalue weighted by Gasteiger charge is -2.04. The highest BCUT2D eigenvalue weighted by atomic mass is 127. The van der Waals surface area contributed by atoms with Gasteiger partial charge in [0.1, 0.15) is 0 Å². The van der Waals surface area contributed by atoms with Crippen LogP contribution in [0, 0.1) is 14.1 Å². The Balaban J connectivity index is 3.21. The maximum atomic E-state index is 2.40. The van der Waals surface area contributed by atoms with Crippen molar-refractivity contribution >= 4 is 45.2 Å². The van der Waals surface area contributed by atoms with Crippen LogP contribution in [-0.4, -0.2) is 0 Å². The molecule has 0 bridgehead atoms. The highest BCUT2D eigenvalue weighted by Gasteiger charge is 2.00. The molecule has 0 N–H and O–H groups in total. The van der Waals surface area contributed by atoms with E-state index >= 15 is 0 Å². The van der Waals surface area contributed by atoms with Gasteiger partial charge in [0.25, 0.3) is 0 Å². The van der Waals surface area contributed by atoms with Crippen molar-refractivity contribution in [2.24, 2.45) is 0 Å². The molecule has 0 aliphatic heterocycles. The normalized spacial score (nSPS) is 10.2. The average Bonchev–Trinajstić information content (AvgIpc) is 1.97. The summed E-state index contributed by atoms with van der Waals surface area (Å²) in [7, 11) is 0. The molecule has 0 unspecified atom stereocenters. The standard InChI is InChI=1S/C9H10I2/c1-3-7-4-6(2)8(10)5-9(7)11/h4-5H,3H2,1-2H3. The van der Waals surface area contributed by atoms with Gasteiger partial charge in [0, 0.05) is 7.14 Å². The van der Waals surface area contributed by atoms with Crippen LogP contribution in [0.1, 0.15) is 18.1 Å². The monoisotopic (exact) mass is 372 g/mol. The zero-order chi connectivity index (χ0) is 8.43. The molecule has 0 nitrogen and oxygen atoms in total. The maximum absolute atomic E-state index is 2.40. The Bertz CT molecular complexity index is 267. The molecule has 0 aliphatic carbocycles. The lowest BCUT2D eigenvalue weighted by molar-refractivity contribution is 1.11. The second-order valence-corrected chi connectivity index (χ2v) is 4.87. The molecule has 11 heavy (non-hydrogen) atoms. The molecular weight excluding hydrogens is 362 g/mol. The van der Waals surface area contributed by atoms with E-state index in [4.69, 9.17) is 0 Å². The second kappa shape index (κ2) is 4.07. The summed E-state index contributed by atoms with van der Waals surface area (Å²) in [6, 6.07) is 4.53. The number of hydrogen-bond acceptors (Lipinski definition) is 0. The van der Waals surface area contributed by atoms with Gasteiger partial charge < -0.3 is 0 Å². The molecule has 0 amide bonds. The third-order valence-corrected chi connectivity index (χ3v) is 3.87. The first-order valence-electron chi connectivity index (χ1n) is 3.59. The van der Waals surface area contributed by atoms with E-state index in [1.807, 2.05) is 0 Å². The smallest absolute Gasteiger partial charge is 0.0172 e. The molecule has 0 radical (unpaired) electrons. The van der Waals surface area contributed by atoms with Gasteiger partial charge in [0.2, 0.25) is 0 Å². The summed E-state index contributed by atoms with van der Waals surface area (Å²) in [5.74, 6) is 0. The largest absolute Gasteiger partial charge is 0.0613 e. The van der Waals surface area contributed by atoms with Crippen molar-refractivity contribution < 1.29 is 0 Å². The van der Waals surface area contributed by atoms with Crippen molar-refractivity contribution in [1.82, 2.24) is 0 Å². The summed E-state index contributed by atoms with van der Waals surface area (Å²) in [6.07, 6.45) is 1.13. The van der Waals surface area contributed by atoms with Gasteiger partial charge in [-0.2, -0.15) is 0 Å². The molecule has 2 heteroatoms. The molecular formula is C9H10I2. The van der Waals surface area contributed by atoms with Crippen LogP contribution in [0.3, 0.4) is 0 Å². The number of hydrogen-bond donors (Lipinski definition) is 0. The predicted molar refractivity (Wildman–Crippen MR) is 66.0 cm³/mol. The molecule has 0 aliphatic rings. The van der Waals surface area contributed by atoms with Crippen molar-refractivity contribution in [3.05, 3.63) is 30.4 Å². The topological polar surface area (TPSA) is 0 Å². The van der Waals surface area contributed by atoms with Crippen molar-refractivity contribution in [2.75, 3.05) is 0 Å². The Kier molecular flexibility index (Phi) is 3.61. The van der Waals surface area contributed by atoms with Crippen molar-refractivity contribution in [1.29, 1.82) is 0 Å². The van der Waals surface area contributed by atoms with E-state index in [0.29, 0.717) is 0 Å². The van der Waals surface area contributed by atoms with Crippen LogP contribution in [0.2, 0.25) is 0 Å². The van der Waals surface area contributed by atoms with Crippen LogP contribution in [0.4, 0.5) is 0 Å². The van der Waals surface area contributed by atoms with Crippen LogP contribution >= 0.6 is 45.2 Å². The molecule has 0 saturated carbocycles. The fraction of sp³-hybridized carbons (Fsp3) is 0.333. The average molecular weight is 372 g/mol. The predicted octanol–water partition coefficient (Wildman–Crippen LogP) is 3.77. The first-order chi connectivity index (χ1) is 5.15. The van der Waals surface area contributed by atoms with E-state index in [1.165, 1.54) is 18.3 Å². The first kappa shape index (κ1) is 9.77. The van der Waals surface area contributed by atoms with E-state index in [9.17, 15) is 0 Å². The van der Waals surface area contributed by atoms with Gasteiger partial charge in [-0.3, -0.25) is 0 Å². The number of benzene rings is 1. The molecule has 0 heterocycles. The quantitative estimate of drug-likeness (QED) is 0.659. The second-order valence-electron chi connectivity index (χ2n) is 2.55. The van der Waals surface area contributed by atoms with Gasteiger partial charge in [-0.05, 0) is 75.7 Å². The zero-order valence-electron chi connectivity index (χ0n) is 6.62. The number of halogens is 2. The van der Waals surface area contributed by atoms with Crippen LogP contribution in [-0.2, 0) is 6.42 Å².